The Balaban J connectivity index is 1.95. The molecule has 2 fully saturated rings. The predicted octanol–water partition coefficient (Wildman–Crippen LogP) is 0.0818. The lowest BCUT2D eigenvalue weighted by molar-refractivity contribution is -0.148. The van der Waals surface area contributed by atoms with Gasteiger partial charge in [-0.25, -0.2) is 0 Å². The third-order valence-corrected chi connectivity index (χ3v) is 4.27. The van der Waals surface area contributed by atoms with Crippen LogP contribution < -0.4 is 5.32 Å². The minimum absolute atomic E-state index is 0.0805. The number of nitrogens with one attached hydrogen (secondary N) is 1. The van der Waals surface area contributed by atoms with E-state index in [9.17, 15) is 9.59 Å². The van der Waals surface area contributed by atoms with Crippen molar-refractivity contribution in [2.75, 3.05) is 45.9 Å². The summed E-state index contributed by atoms with van der Waals surface area (Å²) < 4.78 is 5.29. The Hall–Kier alpha value is -1.14. The van der Waals surface area contributed by atoms with E-state index in [1.165, 1.54) is 0 Å². The number of morpholine rings is 1. The minimum Gasteiger partial charge on any atom is -0.378 e. The highest BCUT2D eigenvalue weighted by molar-refractivity contribution is 5.89. The first-order valence-electron chi connectivity index (χ1n) is 8.03. The molecule has 1 N–H and O–H groups in total. The molecule has 0 saturated carbocycles. The van der Waals surface area contributed by atoms with Gasteiger partial charge in [0.05, 0.1) is 13.2 Å². The van der Waals surface area contributed by atoms with E-state index in [-0.39, 0.29) is 23.8 Å². The lowest BCUT2D eigenvalue weighted by Gasteiger charge is -2.33. The van der Waals surface area contributed by atoms with E-state index in [1.807, 2.05) is 18.7 Å². The van der Waals surface area contributed by atoms with Crippen molar-refractivity contribution in [2.45, 2.75) is 32.7 Å². The number of amides is 2. The van der Waals surface area contributed by atoms with Crippen molar-refractivity contribution in [2.24, 2.45) is 5.92 Å². The van der Waals surface area contributed by atoms with Gasteiger partial charge in [-0.2, -0.15) is 0 Å². The van der Waals surface area contributed by atoms with Crippen molar-refractivity contribution in [1.29, 1.82) is 0 Å². The molecule has 0 aromatic heterocycles. The molecule has 2 heterocycles. The summed E-state index contributed by atoms with van der Waals surface area (Å²) in [6.45, 7) is 8.67. The Bertz CT molecular complexity index is 369. The standard InChI is InChI=1S/C15H27N3O3/c1-3-16-11-12(2)14(19)18-6-4-5-13(18)15(20)17-7-9-21-10-8-17/h12-13,16H,3-11H2,1-2H3. The first kappa shape index (κ1) is 16.2. The summed E-state index contributed by atoms with van der Waals surface area (Å²) in [5.41, 5.74) is 0. The summed E-state index contributed by atoms with van der Waals surface area (Å²) in [5.74, 6) is 0.114. The van der Waals surface area contributed by atoms with Crippen molar-refractivity contribution in [1.82, 2.24) is 15.1 Å². The predicted molar refractivity (Wildman–Crippen MR) is 79.8 cm³/mol. The Labute approximate surface area is 126 Å². The van der Waals surface area contributed by atoms with Gasteiger partial charge in [-0.05, 0) is 19.4 Å². The smallest absolute Gasteiger partial charge is 0.245 e. The molecule has 6 nitrogen and oxygen atoms in total. The van der Waals surface area contributed by atoms with Gasteiger partial charge in [-0.3, -0.25) is 9.59 Å². The minimum atomic E-state index is -0.264. The van der Waals surface area contributed by atoms with Gasteiger partial charge >= 0.3 is 0 Å². The highest BCUT2D eigenvalue weighted by Gasteiger charge is 2.38. The maximum atomic E-state index is 12.6. The van der Waals surface area contributed by atoms with Gasteiger partial charge in [0.15, 0.2) is 0 Å². The molecule has 0 spiro atoms. The quantitative estimate of drug-likeness (QED) is 0.781. The van der Waals surface area contributed by atoms with Crippen LogP contribution in [0.4, 0.5) is 0 Å². The third-order valence-electron chi connectivity index (χ3n) is 4.27. The van der Waals surface area contributed by atoms with Gasteiger partial charge in [0, 0.05) is 32.1 Å². The molecule has 2 aliphatic heterocycles. The highest BCUT2D eigenvalue weighted by Crippen LogP contribution is 2.22. The van der Waals surface area contributed by atoms with Crippen LogP contribution in [-0.2, 0) is 14.3 Å². The van der Waals surface area contributed by atoms with Crippen molar-refractivity contribution >= 4 is 11.8 Å². The van der Waals surface area contributed by atoms with E-state index in [4.69, 9.17) is 4.74 Å². The molecule has 21 heavy (non-hydrogen) atoms. The summed E-state index contributed by atoms with van der Waals surface area (Å²) in [6, 6.07) is -0.264. The van der Waals surface area contributed by atoms with Gasteiger partial charge < -0.3 is 19.9 Å². The molecule has 2 amide bonds. The van der Waals surface area contributed by atoms with Crippen LogP contribution in [0.2, 0.25) is 0 Å². The van der Waals surface area contributed by atoms with E-state index >= 15 is 0 Å². The monoisotopic (exact) mass is 297 g/mol. The Kier molecular flexibility index (Phi) is 5.99. The topological polar surface area (TPSA) is 61.9 Å². The summed E-state index contributed by atoms with van der Waals surface area (Å²) >= 11 is 0. The molecule has 0 aliphatic carbocycles. The molecule has 6 heteroatoms. The van der Waals surface area contributed by atoms with Crippen LogP contribution in [0.1, 0.15) is 26.7 Å². The van der Waals surface area contributed by atoms with Crippen LogP contribution in [0.25, 0.3) is 0 Å². The Morgan fingerprint density at radius 1 is 1.29 bits per heavy atom. The van der Waals surface area contributed by atoms with E-state index in [0.717, 1.165) is 19.4 Å². The SMILES string of the molecule is CCNCC(C)C(=O)N1CCCC1C(=O)N1CCOCC1. The number of hydrogen-bond acceptors (Lipinski definition) is 4. The summed E-state index contributed by atoms with van der Waals surface area (Å²) in [7, 11) is 0. The number of nitrogens with zero attached hydrogens (tertiary/aromatic N) is 2. The van der Waals surface area contributed by atoms with Gasteiger partial charge in [-0.15, -0.1) is 0 Å². The van der Waals surface area contributed by atoms with E-state index < -0.39 is 0 Å². The fraction of sp³-hybridized carbons (Fsp3) is 0.867. The molecule has 0 aromatic carbocycles. The molecule has 2 atom stereocenters. The summed E-state index contributed by atoms with van der Waals surface area (Å²) in [4.78, 5) is 28.8. The number of carbonyl (C=O) groups is 2. The van der Waals surface area contributed by atoms with E-state index in [0.29, 0.717) is 39.4 Å². The fourth-order valence-electron chi connectivity index (χ4n) is 3.01. The number of ether oxygens (including phenoxy) is 1. The summed E-state index contributed by atoms with van der Waals surface area (Å²) in [6.07, 6.45) is 1.70. The normalized spacial score (nSPS) is 24.2. The van der Waals surface area contributed by atoms with E-state index in [1.54, 1.807) is 4.90 Å². The van der Waals surface area contributed by atoms with Gasteiger partial charge in [0.1, 0.15) is 6.04 Å². The molecule has 0 aromatic rings. The lowest BCUT2D eigenvalue weighted by Crippen LogP contribution is -2.52. The molecule has 0 radical (unpaired) electrons. The Morgan fingerprint density at radius 3 is 2.67 bits per heavy atom. The number of hydrogen-bond donors (Lipinski definition) is 1. The average molecular weight is 297 g/mol. The molecular weight excluding hydrogens is 270 g/mol. The molecule has 120 valence electrons. The highest BCUT2D eigenvalue weighted by atomic mass is 16.5. The Morgan fingerprint density at radius 2 is 2.00 bits per heavy atom. The van der Waals surface area contributed by atoms with Crippen LogP contribution in [0.5, 0.6) is 0 Å². The van der Waals surface area contributed by atoms with E-state index in [2.05, 4.69) is 5.32 Å². The van der Waals surface area contributed by atoms with Crippen molar-refractivity contribution < 1.29 is 14.3 Å². The summed E-state index contributed by atoms with van der Waals surface area (Å²) in [5, 5.41) is 3.20. The van der Waals surface area contributed by atoms with Crippen LogP contribution in [0, 0.1) is 5.92 Å². The van der Waals surface area contributed by atoms with Gasteiger partial charge in [0.2, 0.25) is 11.8 Å². The zero-order chi connectivity index (χ0) is 15.2. The molecular formula is C15H27N3O3. The first-order valence-corrected chi connectivity index (χ1v) is 8.03. The molecule has 2 rings (SSSR count). The number of likely N-dealkylation sites (tertiary alicyclic amines) is 1. The van der Waals surface area contributed by atoms with Crippen LogP contribution in [0.3, 0.4) is 0 Å². The second-order valence-corrected chi connectivity index (χ2v) is 5.84. The second kappa shape index (κ2) is 7.75. The maximum Gasteiger partial charge on any atom is 0.245 e. The zero-order valence-electron chi connectivity index (χ0n) is 13.1. The van der Waals surface area contributed by atoms with Crippen molar-refractivity contribution in [3.05, 3.63) is 0 Å². The zero-order valence-corrected chi connectivity index (χ0v) is 13.1. The average Bonchev–Trinajstić information content (AvgIpc) is 3.01. The molecule has 2 unspecified atom stereocenters. The largest absolute Gasteiger partial charge is 0.378 e. The van der Waals surface area contributed by atoms with Crippen LogP contribution in [0.15, 0.2) is 0 Å². The van der Waals surface area contributed by atoms with Crippen LogP contribution in [-0.4, -0.2) is 73.6 Å². The number of carbonyl (C=O) groups excluding carboxylic acids is 2. The van der Waals surface area contributed by atoms with Crippen molar-refractivity contribution in [3.8, 4) is 0 Å². The van der Waals surface area contributed by atoms with Gasteiger partial charge in [-0.1, -0.05) is 13.8 Å². The third kappa shape index (κ3) is 3.95. The second-order valence-electron chi connectivity index (χ2n) is 5.84. The van der Waals surface area contributed by atoms with Crippen LogP contribution >= 0.6 is 0 Å². The molecule has 2 aliphatic rings. The first-order chi connectivity index (χ1) is 10.1. The fourth-order valence-corrected chi connectivity index (χ4v) is 3.01. The van der Waals surface area contributed by atoms with Crippen molar-refractivity contribution in [3.63, 3.8) is 0 Å². The molecule has 2 saturated heterocycles. The van der Waals surface area contributed by atoms with Gasteiger partial charge in [0.25, 0.3) is 0 Å². The molecule has 0 bridgehead atoms. The number of rotatable bonds is 5. The maximum absolute atomic E-state index is 12.6. The lowest BCUT2D eigenvalue weighted by atomic mass is 10.1.